The zero-order chi connectivity index (χ0) is 10.9. The van der Waals surface area contributed by atoms with Gasteiger partial charge in [-0.05, 0) is 25.5 Å². The topological polar surface area (TPSA) is 54.7 Å². The van der Waals surface area contributed by atoms with Crippen molar-refractivity contribution in [3.05, 3.63) is 28.7 Å². The SMILES string of the molecule is CCC(C)(N)c1nc(-c2ccc[nH]2)cs1. The summed E-state index contributed by atoms with van der Waals surface area (Å²) in [6.45, 7) is 4.10. The van der Waals surface area contributed by atoms with Gasteiger partial charge in [-0.25, -0.2) is 4.98 Å². The molecule has 15 heavy (non-hydrogen) atoms. The fraction of sp³-hybridized carbons (Fsp3) is 0.364. The second kappa shape index (κ2) is 3.79. The Hall–Kier alpha value is -1.13. The van der Waals surface area contributed by atoms with E-state index in [1.54, 1.807) is 11.3 Å². The van der Waals surface area contributed by atoms with Gasteiger partial charge in [0, 0.05) is 11.6 Å². The summed E-state index contributed by atoms with van der Waals surface area (Å²) in [6.07, 6.45) is 2.79. The minimum atomic E-state index is -0.310. The Labute approximate surface area is 93.4 Å². The summed E-state index contributed by atoms with van der Waals surface area (Å²) in [5.41, 5.74) is 7.85. The van der Waals surface area contributed by atoms with Crippen molar-refractivity contribution in [2.24, 2.45) is 5.73 Å². The summed E-state index contributed by atoms with van der Waals surface area (Å²) in [5.74, 6) is 0. The normalized spacial score (nSPS) is 15.1. The van der Waals surface area contributed by atoms with Crippen molar-refractivity contribution in [1.29, 1.82) is 0 Å². The Bertz CT molecular complexity index is 428. The van der Waals surface area contributed by atoms with Crippen LogP contribution in [0.5, 0.6) is 0 Å². The van der Waals surface area contributed by atoms with Crippen molar-refractivity contribution < 1.29 is 0 Å². The molecule has 0 aliphatic carbocycles. The van der Waals surface area contributed by atoms with Crippen molar-refractivity contribution in [3.8, 4) is 11.4 Å². The number of hydrogen-bond acceptors (Lipinski definition) is 3. The van der Waals surface area contributed by atoms with E-state index in [0.29, 0.717) is 0 Å². The third-order valence-electron chi connectivity index (χ3n) is 2.60. The first kappa shape index (κ1) is 10.4. The number of nitrogens with two attached hydrogens (primary N) is 1. The number of nitrogens with zero attached hydrogens (tertiary/aromatic N) is 1. The fourth-order valence-corrected chi connectivity index (χ4v) is 2.27. The molecule has 2 aromatic heterocycles. The Balaban J connectivity index is 2.33. The van der Waals surface area contributed by atoms with Crippen molar-refractivity contribution in [3.63, 3.8) is 0 Å². The largest absolute Gasteiger partial charge is 0.360 e. The molecule has 4 heteroatoms. The van der Waals surface area contributed by atoms with E-state index in [1.165, 1.54) is 0 Å². The number of rotatable bonds is 3. The van der Waals surface area contributed by atoms with E-state index < -0.39 is 0 Å². The van der Waals surface area contributed by atoms with Crippen molar-refractivity contribution >= 4 is 11.3 Å². The Kier molecular flexibility index (Phi) is 2.63. The molecule has 0 saturated carbocycles. The second-order valence-electron chi connectivity index (χ2n) is 3.89. The first-order valence-corrected chi connectivity index (χ1v) is 5.90. The minimum Gasteiger partial charge on any atom is -0.360 e. The lowest BCUT2D eigenvalue weighted by atomic mass is 10.0. The van der Waals surface area contributed by atoms with Gasteiger partial charge < -0.3 is 10.7 Å². The number of aromatic amines is 1. The minimum absolute atomic E-state index is 0.310. The zero-order valence-corrected chi connectivity index (χ0v) is 9.77. The van der Waals surface area contributed by atoms with Crippen LogP contribution in [0.15, 0.2) is 23.7 Å². The van der Waals surface area contributed by atoms with Gasteiger partial charge in [-0.15, -0.1) is 11.3 Å². The van der Waals surface area contributed by atoms with Crippen LogP contribution in [0.2, 0.25) is 0 Å². The predicted octanol–water partition coefficient (Wildman–Crippen LogP) is 2.72. The molecule has 2 rings (SSSR count). The molecule has 1 unspecified atom stereocenters. The molecule has 0 aliphatic heterocycles. The maximum atomic E-state index is 6.14. The highest BCUT2D eigenvalue weighted by atomic mass is 32.1. The standard InChI is InChI=1S/C11H15N3S/c1-3-11(2,12)10-14-9(7-15-10)8-5-4-6-13-8/h4-7,13H,3,12H2,1-2H3. The molecule has 0 fully saturated rings. The molecular weight excluding hydrogens is 206 g/mol. The number of aromatic nitrogens is 2. The van der Waals surface area contributed by atoms with Gasteiger partial charge in [0.25, 0.3) is 0 Å². The van der Waals surface area contributed by atoms with E-state index in [-0.39, 0.29) is 5.54 Å². The van der Waals surface area contributed by atoms with Crippen LogP contribution in [-0.2, 0) is 5.54 Å². The van der Waals surface area contributed by atoms with Gasteiger partial charge in [0.2, 0.25) is 0 Å². The van der Waals surface area contributed by atoms with Crippen LogP contribution in [-0.4, -0.2) is 9.97 Å². The summed E-state index contributed by atoms with van der Waals surface area (Å²) >= 11 is 1.62. The molecule has 0 spiro atoms. The number of nitrogens with one attached hydrogen (secondary N) is 1. The molecular formula is C11H15N3S. The third-order valence-corrected chi connectivity index (χ3v) is 3.72. The summed E-state index contributed by atoms with van der Waals surface area (Å²) in [7, 11) is 0. The average Bonchev–Trinajstić information content (AvgIpc) is 2.88. The Morgan fingerprint density at radius 1 is 1.60 bits per heavy atom. The van der Waals surface area contributed by atoms with E-state index >= 15 is 0 Å². The molecule has 1 atom stereocenters. The van der Waals surface area contributed by atoms with E-state index in [9.17, 15) is 0 Å². The lowest BCUT2D eigenvalue weighted by Gasteiger charge is -2.18. The molecule has 0 aromatic carbocycles. The van der Waals surface area contributed by atoms with E-state index in [0.717, 1.165) is 22.8 Å². The number of thiazole rings is 1. The number of hydrogen-bond donors (Lipinski definition) is 2. The monoisotopic (exact) mass is 221 g/mol. The smallest absolute Gasteiger partial charge is 0.113 e. The van der Waals surface area contributed by atoms with Gasteiger partial charge >= 0.3 is 0 Å². The highest BCUT2D eigenvalue weighted by Gasteiger charge is 2.22. The fourth-order valence-electron chi connectivity index (χ4n) is 1.30. The molecule has 80 valence electrons. The van der Waals surface area contributed by atoms with Crippen LogP contribution in [0.3, 0.4) is 0 Å². The summed E-state index contributed by atoms with van der Waals surface area (Å²) < 4.78 is 0. The van der Waals surface area contributed by atoms with E-state index in [2.05, 4.69) is 16.9 Å². The van der Waals surface area contributed by atoms with Crippen LogP contribution in [0, 0.1) is 0 Å². The number of H-pyrrole nitrogens is 1. The van der Waals surface area contributed by atoms with E-state index in [1.807, 2.05) is 30.6 Å². The second-order valence-corrected chi connectivity index (χ2v) is 4.75. The predicted molar refractivity (Wildman–Crippen MR) is 63.7 cm³/mol. The van der Waals surface area contributed by atoms with Crippen molar-refractivity contribution in [1.82, 2.24) is 9.97 Å². The molecule has 2 heterocycles. The molecule has 0 amide bonds. The summed E-state index contributed by atoms with van der Waals surface area (Å²) in [5, 5.41) is 3.04. The van der Waals surface area contributed by atoms with Gasteiger partial charge in [-0.3, -0.25) is 0 Å². The van der Waals surface area contributed by atoms with Crippen molar-refractivity contribution in [2.75, 3.05) is 0 Å². The quantitative estimate of drug-likeness (QED) is 0.837. The van der Waals surface area contributed by atoms with Crippen LogP contribution < -0.4 is 5.73 Å². The highest BCUT2D eigenvalue weighted by Crippen LogP contribution is 2.28. The van der Waals surface area contributed by atoms with Crippen LogP contribution in [0.25, 0.3) is 11.4 Å². The van der Waals surface area contributed by atoms with Gasteiger partial charge in [0.05, 0.1) is 16.9 Å². The average molecular weight is 221 g/mol. The lowest BCUT2D eigenvalue weighted by Crippen LogP contribution is -2.31. The molecule has 0 saturated heterocycles. The lowest BCUT2D eigenvalue weighted by molar-refractivity contribution is 0.474. The Morgan fingerprint density at radius 3 is 3.00 bits per heavy atom. The molecule has 0 radical (unpaired) electrons. The molecule has 2 aromatic rings. The van der Waals surface area contributed by atoms with Gasteiger partial charge in [-0.2, -0.15) is 0 Å². The molecule has 0 aliphatic rings. The molecule has 3 N–H and O–H groups in total. The van der Waals surface area contributed by atoms with Crippen LogP contribution in [0.1, 0.15) is 25.3 Å². The third kappa shape index (κ3) is 1.96. The first-order chi connectivity index (χ1) is 7.13. The van der Waals surface area contributed by atoms with Gasteiger partial charge in [-0.1, -0.05) is 6.92 Å². The summed E-state index contributed by atoms with van der Waals surface area (Å²) in [4.78, 5) is 7.70. The maximum absolute atomic E-state index is 6.14. The van der Waals surface area contributed by atoms with Gasteiger partial charge in [0.15, 0.2) is 0 Å². The van der Waals surface area contributed by atoms with Crippen LogP contribution in [0.4, 0.5) is 0 Å². The highest BCUT2D eigenvalue weighted by molar-refractivity contribution is 7.10. The summed E-state index contributed by atoms with van der Waals surface area (Å²) in [6, 6.07) is 3.98. The van der Waals surface area contributed by atoms with Crippen molar-refractivity contribution in [2.45, 2.75) is 25.8 Å². The van der Waals surface area contributed by atoms with Crippen LogP contribution >= 0.6 is 11.3 Å². The zero-order valence-electron chi connectivity index (χ0n) is 8.95. The maximum Gasteiger partial charge on any atom is 0.113 e. The van der Waals surface area contributed by atoms with E-state index in [4.69, 9.17) is 5.73 Å². The Morgan fingerprint density at radius 2 is 2.40 bits per heavy atom. The van der Waals surface area contributed by atoms with Gasteiger partial charge in [0.1, 0.15) is 5.01 Å². The molecule has 3 nitrogen and oxygen atoms in total. The molecule has 0 bridgehead atoms. The first-order valence-electron chi connectivity index (χ1n) is 5.02.